The molecule has 0 saturated heterocycles. The lowest BCUT2D eigenvalue weighted by Gasteiger charge is -2.00. The number of fused-ring (bicyclic) bond motifs is 1. The fourth-order valence-electron chi connectivity index (χ4n) is 2.66. The van der Waals surface area contributed by atoms with Gasteiger partial charge in [0.25, 0.3) is 0 Å². The highest BCUT2D eigenvalue weighted by Crippen LogP contribution is 2.32. The van der Waals surface area contributed by atoms with Crippen LogP contribution in [0, 0.1) is 0 Å². The molecule has 1 saturated carbocycles. The first-order valence-electron chi connectivity index (χ1n) is 6.37. The largest absolute Gasteiger partial charge is 0.316 e. The molecule has 0 aliphatic heterocycles. The summed E-state index contributed by atoms with van der Waals surface area (Å²) in [4.78, 5) is 4.73. The van der Waals surface area contributed by atoms with E-state index in [0.29, 0.717) is 5.92 Å². The van der Waals surface area contributed by atoms with Crippen LogP contribution in [-0.4, -0.2) is 21.6 Å². The molecule has 0 aromatic carbocycles. The Morgan fingerprint density at radius 3 is 3.00 bits per heavy atom. The summed E-state index contributed by atoms with van der Waals surface area (Å²) in [6.07, 6.45) is 7.13. The van der Waals surface area contributed by atoms with Crippen molar-refractivity contribution in [2.24, 2.45) is 0 Å². The van der Waals surface area contributed by atoms with Crippen LogP contribution in [-0.2, 0) is 6.54 Å². The molecule has 0 amide bonds. The predicted octanol–water partition coefficient (Wildman–Crippen LogP) is 2.11. The molecule has 3 rings (SSSR count). The van der Waals surface area contributed by atoms with Crippen molar-refractivity contribution in [1.82, 2.24) is 19.9 Å². The number of nitrogens with zero attached hydrogens (tertiary/aromatic N) is 3. The quantitative estimate of drug-likeness (QED) is 0.878. The molecule has 1 N–H and O–H groups in total. The van der Waals surface area contributed by atoms with Gasteiger partial charge in [0.05, 0.1) is 0 Å². The highest BCUT2D eigenvalue weighted by Gasteiger charge is 2.21. The number of hydrogen-bond acceptors (Lipinski definition) is 3. The summed E-state index contributed by atoms with van der Waals surface area (Å²) < 4.78 is 1.92. The molecule has 4 nitrogen and oxygen atoms in total. The minimum absolute atomic E-state index is 0.581. The third-order valence-electron chi connectivity index (χ3n) is 3.55. The highest BCUT2D eigenvalue weighted by molar-refractivity contribution is 5.47. The Hall–Kier alpha value is -1.42. The molecule has 1 aliphatic rings. The summed E-state index contributed by atoms with van der Waals surface area (Å²) >= 11 is 0. The number of pyridine rings is 1. The van der Waals surface area contributed by atoms with Crippen LogP contribution in [0.15, 0.2) is 18.3 Å². The van der Waals surface area contributed by atoms with Crippen molar-refractivity contribution in [3.05, 3.63) is 29.7 Å². The van der Waals surface area contributed by atoms with Gasteiger partial charge in [-0.1, -0.05) is 18.9 Å². The van der Waals surface area contributed by atoms with Crippen molar-refractivity contribution >= 4 is 5.65 Å². The van der Waals surface area contributed by atoms with Crippen molar-refractivity contribution < 1.29 is 0 Å². The van der Waals surface area contributed by atoms with Gasteiger partial charge in [-0.2, -0.15) is 5.10 Å². The lowest BCUT2D eigenvalue weighted by Crippen LogP contribution is -2.06. The molecule has 2 aromatic rings. The zero-order valence-corrected chi connectivity index (χ0v) is 10.2. The number of rotatable bonds is 3. The second-order valence-electron chi connectivity index (χ2n) is 4.78. The van der Waals surface area contributed by atoms with Gasteiger partial charge in [0.1, 0.15) is 0 Å². The first-order valence-corrected chi connectivity index (χ1v) is 6.37. The molecule has 0 bridgehead atoms. The average Bonchev–Trinajstić information content (AvgIpc) is 2.98. The average molecular weight is 230 g/mol. The second-order valence-corrected chi connectivity index (χ2v) is 4.78. The Kier molecular flexibility index (Phi) is 2.81. The molecular formula is C13H18N4. The molecule has 2 heterocycles. The summed E-state index contributed by atoms with van der Waals surface area (Å²) in [5, 5.41) is 7.79. The molecule has 0 radical (unpaired) electrons. The lowest BCUT2D eigenvalue weighted by molar-refractivity contribution is 0.666. The first-order chi connectivity index (χ1) is 8.38. The summed E-state index contributed by atoms with van der Waals surface area (Å²) in [7, 11) is 1.96. The topological polar surface area (TPSA) is 42.2 Å². The molecule has 2 aromatic heterocycles. The maximum absolute atomic E-state index is 4.73. The molecule has 0 unspecified atom stereocenters. The maximum atomic E-state index is 4.73. The Morgan fingerprint density at radius 1 is 1.41 bits per heavy atom. The normalized spacial score (nSPS) is 17.0. The van der Waals surface area contributed by atoms with Gasteiger partial charge < -0.3 is 5.32 Å². The Balaban J connectivity index is 2.02. The monoisotopic (exact) mass is 230 g/mol. The molecule has 90 valence electrons. The van der Waals surface area contributed by atoms with Crippen molar-refractivity contribution in [3.63, 3.8) is 0 Å². The molecular weight excluding hydrogens is 212 g/mol. The first kappa shape index (κ1) is 10.7. The van der Waals surface area contributed by atoms with E-state index in [1.807, 2.05) is 23.8 Å². The zero-order chi connectivity index (χ0) is 11.7. The van der Waals surface area contributed by atoms with Gasteiger partial charge >= 0.3 is 0 Å². The van der Waals surface area contributed by atoms with E-state index in [2.05, 4.69) is 16.5 Å². The fourth-order valence-corrected chi connectivity index (χ4v) is 2.66. The molecule has 1 aliphatic carbocycles. The molecule has 17 heavy (non-hydrogen) atoms. The van der Waals surface area contributed by atoms with Crippen molar-refractivity contribution in [3.8, 4) is 0 Å². The SMILES string of the molecule is CNCc1cccn2nc(C3CCCC3)nc12. The van der Waals surface area contributed by atoms with Gasteiger partial charge in [0.15, 0.2) is 11.5 Å². The number of hydrogen-bond donors (Lipinski definition) is 1. The smallest absolute Gasteiger partial charge is 0.160 e. The van der Waals surface area contributed by atoms with E-state index in [4.69, 9.17) is 4.98 Å². The van der Waals surface area contributed by atoms with E-state index in [0.717, 1.165) is 18.0 Å². The van der Waals surface area contributed by atoms with Gasteiger partial charge in [0.2, 0.25) is 0 Å². The molecule has 1 fully saturated rings. The van der Waals surface area contributed by atoms with E-state index < -0.39 is 0 Å². The summed E-state index contributed by atoms with van der Waals surface area (Å²) in [6.45, 7) is 0.840. The van der Waals surface area contributed by atoms with Gasteiger partial charge in [-0.15, -0.1) is 0 Å². The van der Waals surface area contributed by atoms with E-state index in [-0.39, 0.29) is 0 Å². The maximum Gasteiger partial charge on any atom is 0.160 e. The Bertz CT molecular complexity index is 511. The predicted molar refractivity (Wildman–Crippen MR) is 67.0 cm³/mol. The van der Waals surface area contributed by atoms with Crippen LogP contribution >= 0.6 is 0 Å². The van der Waals surface area contributed by atoms with Crippen LogP contribution in [0.4, 0.5) is 0 Å². The van der Waals surface area contributed by atoms with E-state index in [9.17, 15) is 0 Å². The minimum atomic E-state index is 0.581. The van der Waals surface area contributed by atoms with E-state index in [1.54, 1.807) is 0 Å². The Morgan fingerprint density at radius 2 is 2.24 bits per heavy atom. The van der Waals surface area contributed by atoms with Gasteiger partial charge in [0, 0.05) is 24.2 Å². The van der Waals surface area contributed by atoms with Crippen LogP contribution < -0.4 is 5.32 Å². The molecule has 0 atom stereocenters. The summed E-state index contributed by atoms with van der Waals surface area (Å²) in [5.41, 5.74) is 2.22. The molecule has 4 heteroatoms. The third-order valence-corrected chi connectivity index (χ3v) is 3.55. The molecule has 0 spiro atoms. The third kappa shape index (κ3) is 1.93. The van der Waals surface area contributed by atoms with Gasteiger partial charge in [-0.05, 0) is 26.0 Å². The van der Waals surface area contributed by atoms with Crippen LogP contribution in [0.3, 0.4) is 0 Å². The zero-order valence-electron chi connectivity index (χ0n) is 10.2. The van der Waals surface area contributed by atoms with E-state index in [1.165, 1.54) is 31.2 Å². The second kappa shape index (κ2) is 4.45. The van der Waals surface area contributed by atoms with Crippen molar-refractivity contribution in [1.29, 1.82) is 0 Å². The minimum Gasteiger partial charge on any atom is -0.316 e. The number of aromatic nitrogens is 3. The van der Waals surface area contributed by atoms with Crippen molar-refractivity contribution in [2.45, 2.75) is 38.1 Å². The van der Waals surface area contributed by atoms with Crippen LogP contribution in [0.1, 0.15) is 43.0 Å². The standard InChI is InChI=1S/C13H18N4/c1-14-9-11-7-4-8-17-13(11)15-12(16-17)10-5-2-3-6-10/h4,7-8,10,14H,2-3,5-6,9H2,1H3. The number of nitrogens with one attached hydrogen (secondary N) is 1. The lowest BCUT2D eigenvalue weighted by atomic mass is 10.1. The Labute approximate surface area is 101 Å². The van der Waals surface area contributed by atoms with E-state index >= 15 is 0 Å². The van der Waals surface area contributed by atoms with Crippen LogP contribution in [0.25, 0.3) is 5.65 Å². The van der Waals surface area contributed by atoms with Crippen molar-refractivity contribution in [2.75, 3.05) is 7.05 Å². The van der Waals surface area contributed by atoms with Crippen LogP contribution in [0.2, 0.25) is 0 Å². The summed E-state index contributed by atoms with van der Waals surface area (Å²) in [5.74, 6) is 1.61. The van der Waals surface area contributed by atoms with Crippen LogP contribution in [0.5, 0.6) is 0 Å². The fraction of sp³-hybridized carbons (Fsp3) is 0.538. The highest BCUT2D eigenvalue weighted by atomic mass is 15.3. The van der Waals surface area contributed by atoms with Gasteiger partial charge in [-0.3, -0.25) is 0 Å². The van der Waals surface area contributed by atoms with Gasteiger partial charge in [-0.25, -0.2) is 9.50 Å². The summed E-state index contributed by atoms with van der Waals surface area (Å²) in [6, 6.07) is 4.14.